The molecule has 6 atom stereocenters. The molecule has 1 aromatic carbocycles. The molecule has 2 aliphatic rings. The lowest BCUT2D eigenvalue weighted by Crippen LogP contribution is -2.18. The first-order valence-corrected chi connectivity index (χ1v) is 9.75. The largest absolute Gasteiger partial charge is 0.388 e. The molecular formula is C23H24F3NO. The third-order valence-corrected chi connectivity index (χ3v) is 6.99. The molecule has 1 heterocycles. The number of halogens is 3. The number of aliphatic hydroxyl groups excluding tert-OH is 1. The lowest BCUT2D eigenvalue weighted by molar-refractivity contribution is 0.0833. The van der Waals surface area contributed by atoms with E-state index in [1.165, 1.54) is 11.1 Å². The molecule has 1 fully saturated rings. The van der Waals surface area contributed by atoms with Crippen LogP contribution in [0.5, 0.6) is 0 Å². The molecule has 0 spiro atoms. The van der Waals surface area contributed by atoms with Gasteiger partial charge in [0.05, 0.1) is 6.10 Å². The maximum atomic E-state index is 13.6. The summed E-state index contributed by atoms with van der Waals surface area (Å²) < 4.78 is 40.6. The zero-order valence-corrected chi connectivity index (χ0v) is 16.2. The van der Waals surface area contributed by atoms with Crippen LogP contribution in [-0.2, 0) is 0 Å². The summed E-state index contributed by atoms with van der Waals surface area (Å²) in [5, 5.41) is 10.9. The fraction of sp³-hybridized carbons (Fsp3) is 0.435. The van der Waals surface area contributed by atoms with Gasteiger partial charge in [0.25, 0.3) is 0 Å². The fourth-order valence-electron chi connectivity index (χ4n) is 5.19. The number of hydrogen-bond donors (Lipinski definition) is 1. The number of fused-ring (bicyclic) bond motifs is 1. The standard InChI is InChI=1S/C23H24F3NO/c1-11-12(2)19(23(28)14-8-20(24)22(26)21(25)9-14)10-18(11)16-5-4-15-13(3)27-7-6-17(15)16/h4-9,11-12,16,18-19,23,28H,10H2,1-3H3/t11-,12+,16?,18?,19?,23?/m1/s1. The summed E-state index contributed by atoms with van der Waals surface area (Å²) in [6, 6.07) is 3.88. The maximum absolute atomic E-state index is 13.6. The van der Waals surface area contributed by atoms with Crippen LogP contribution in [0.3, 0.4) is 0 Å². The molecule has 1 saturated carbocycles. The van der Waals surface area contributed by atoms with Gasteiger partial charge in [0, 0.05) is 17.8 Å². The molecular weight excluding hydrogens is 363 g/mol. The lowest BCUT2D eigenvalue weighted by Gasteiger charge is -2.25. The van der Waals surface area contributed by atoms with E-state index < -0.39 is 23.6 Å². The third kappa shape index (κ3) is 2.96. The summed E-state index contributed by atoms with van der Waals surface area (Å²) in [6.45, 7) is 6.25. The zero-order valence-electron chi connectivity index (χ0n) is 16.2. The summed E-state index contributed by atoms with van der Waals surface area (Å²) in [5.41, 5.74) is 3.52. The summed E-state index contributed by atoms with van der Waals surface area (Å²) >= 11 is 0. The number of hydrogen-bond acceptors (Lipinski definition) is 2. The molecule has 28 heavy (non-hydrogen) atoms. The molecule has 0 saturated heterocycles. The maximum Gasteiger partial charge on any atom is 0.194 e. The molecule has 4 rings (SSSR count). The van der Waals surface area contributed by atoms with E-state index in [2.05, 4.69) is 37.0 Å². The summed E-state index contributed by atoms with van der Waals surface area (Å²) in [4.78, 5) is 4.36. The minimum Gasteiger partial charge on any atom is -0.388 e. The van der Waals surface area contributed by atoms with Crippen LogP contribution in [0.25, 0.3) is 6.08 Å². The quantitative estimate of drug-likeness (QED) is 0.700. The van der Waals surface area contributed by atoms with Gasteiger partial charge in [-0.3, -0.25) is 4.98 Å². The van der Waals surface area contributed by atoms with E-state index >= 15 is 0 Å². The molecule has 2 aliphatic carbocycles. The van der Waals surface area contributed by atoms with Gasteiger partial charge in [-0.15, -0.1) is 0 Å². The normalized spacial score (nSPS) is 29.9. The van der Waals surface area contributed by atoms with E-state index in [-0.39, 0.29) is 23.3 Å². The van der Waals surface area contributed by atoms with Crippen LogP contribution in [0.15, 0.2) is 30.5 Å². The van der Waals surface area contributed by atoms with Gasteiger partial charge < -0.3 is 5.11 Å². The van der Waals surface area contributed by atoms with E-state index in [1.54, 1.807) is 0 Å². The molecule has 1 aromatic heterocycles. The Morgan fingerprint density at radius 2 is 1.79 bits per heavy atom. The van der Waals surface area contributed by atoms with Crippen LogP contribution in [0.1, 0.15) is 54.7 Å². The van der Waals surface area contributed by atoms with Crippen molar-refractivity contribution in [2.24, 2.45) is 23.7 Å². The SMILES string of the molecule is Cc1nccc2c1C=CC2C1CC(C(O)c2cc(F)c(F)c(F)c2)[C@@H](C)[C@H]1C. The molecule has 148 valence electrons. The van der Waals surface area contributed by atoms with Crippen LogP contribution < -0.4 is 0 Å². The molecule has 4 unspecified atom stereocenters. The third-order valence-electron chi connectivity index (χ3n) is 6.99. The van der Waals surface area contributed by atoms with Crippen molar-refractivity contribution in [1.82, 2.24) is 4.98 Å². The molecule has 0 radical (unpaired) electrons. The van der Waals surface area contributed by atoms with Crippen LogP contribution >= 0.6 is 0 Å². The number of pyridine rings is 1. The molecule has 5 heteroatoms. The number of aliphatic hydroxyl groups is 1. The van der Waals surface area contributed by atoms with Gasteiger partial charge in [0.15, 0.2) is 17.5 Å². The second-order valence-corrected chi connectivity index (χ2v) is 8.31. The zero-order chi connectivity index (χ0) is 20.2. The first-order chi connectivity index (χ1) is 13.3. The van der Waals surface area contributed by atoms with E-state index in [0.29, 0.717) is 11.8 Å². The highest BCUT2D eigenvalue weighted by molar-refractivity contribution is 5.64. The first-order valence-electron chi connectivity index (χ1n) is 9.75. The number of rotatable bonds is 3. The number of nitrogens with zero attached hydrogens (tertiary/aromatic N) is 1. The van der Waals surface area contributed by atoms with Crippen LogP contribution in [0, 0.1) is 48.0 Å². The summed E-state index contributed by atoms with van der Waals surface area (Å²) in [7, 11) is 0. The number of benzene rings is 1. The van der Waals surface area contributed by atoms with Crippen molar-refractivity contribution in [3.8, 4) is 0 Å². The average molecular weight is 387 g/mol. The van der Waals surface area contributed by atoms with Gasteiger partial charge in [-0.05, 0) is 71.9 Å². The Bertz CT molecular complexity index is 918. The topological polar surface area (TPSA) is 33.1 Å². The predicted molar refractivity (Wildman–Crippen MR) is 102 cm³/mol. The van der Waals surface area contributed by atoms with E-state index in [0.717, 1.165) is 24.2 Å². The molecule has 0 aliphatic heterocycles. The Balaban J connectivity index is 1.61. The highest BCUT2D eigenvalue weighted by Gasteiger charge is 2.45. The Morgan fingerprint density at radius 1 is 1.11 bits per heavy atom. The average Bonchev–Trinajstić information content (AvgIpc) is 3.21. The van der Waals surface area contributed by atoms with Crippen LogP contribution in [0.2, 0.25) is 0 Å². The highest BCUT2D eigenvalue weighted by atomic mass is 19.2. The van der Waals surface area contributed by atoms with Gasteiger partial charge in [-0.2, -0.15) is 0 Å². The Hall–Kier alpha value is -2.14. The van der Waals surface area contributed by atoms with Crippen LogP contribution in [-0.4, -0.2) is 10.1 Å². The summed E-state index contributed by atoms with van der Waals surface area (Å²) in [5.74, 6) is -3.14. The minimum absolute atomic E-state index is 0.100. The molecule has 2 nitrogen and oxygen atoms in total. The van der Waals surface area contributed by atoms with Gasteiger partial charge >= 0.3 is 0 Å². The van der Waals surface area contributed by atoms with E-state index in [4.69, 9.17) is 0 Å². The van der Waals surface area contributed by atoms with Crippen molar-refractivity contribution in [2.45, 2.75) is 39.2 Å². The van der Waals surface area contributed by atoms with Crippen molar-refractivity contribution in [3.63, 3.8) is 0 Å². The monoisotopic (exact) mass is 387 g/mol. The van der Waals surface area contributed by atoms with Crippen molar-refractivity contribution >= 4 is 6.08 Å². The molecule has 1 N–H and O–H groups in total. The van der Waals surface area contributed by atoms with E-state index in [1.807, 2.05) is 13.1 Å². The van der Waals surface area contributed by atoms with Crippen molar-refractivity contribution in [1.29, 1.82) is 0 Å². The van der Waals surface area contributed by atoms with Gasteiger partial charge in [-0.1, -0.05) is 26.0 Å². The second-order valence-electron chi connectivity index (χ2n) is 8.31. The minimum atomic E-state index is -1.50. The number of allylic oxidation sites excluding steroid dienone is 1. The molecule has 0 amide bonds. The van der Waals surface area contributed by atoms with E-state index in [9.17, 15) is 18.3 Å². The molecule has 0 bridgehead atoms. The predicted octanol–water partition coefficient (Wildman–Crippen LogP) is 5.56. The molecule has 2 aromatic rings. The van der Waals surface area contributed by atoms with Gasteiger partial charge in [-0.25, -0.2) is 13.2 Å². The number of aromatic nitrogens is 1. The first kappa shape index (κ1) is 19.2. The smallest absolute Gasteiger partial charge is 0.194 e. The Morgan fingerprint density at radius 3 is 2.46 bits per heavy atom. The number of aryl methyl sites for hydroxylation is 1. The summed E-state index contributed by atoms with van der Waals surface area (Å²) in [6.07, 6.45) is 5.86. The van der Waals surface area contributed by atoms with Gasteiger partial charge in [0.2, 0.25) is 0 Å². The van der Waals surface area contributed by atoms with Crippen molar-refractivity contribution in [2.75, 3.05) is 0 Å². The van der Waals surface area contributed by atoms with Crippen molar-refractivity contribution in [3.05, 3.63) is 70.3 Å². The lowest BCUT2D eigenvalue weighted by atomic mass is 9.80. The Labute approximate surface area is 163 Å². The highest BCUT2D eigenvalue weighted by Crippen LogP contribution is 2.53. The Kier molecular flexibility index (Phi) is 4.82. The van der Waals surface area contributed by atoms with Crippen LogP contribution in [0.4, 0.5) is 13.2 Å². The van der Waals surface area contributed by atoms with Gasteiger partial charge in [0.1, 0.15) is 0 Å². The van der Waals surface area contributed by atoms with Crippen molar-refractivity contribution < 1.29 is 18.3 Å². The fourth-order valence-corrected chi connectivity index (χ4v) is 5.19. The second kappa shape index (κ2) is 7.03.